The number of fused-ring (bicyclic) bond motifs is 12. The predicted octanol–water partition coefficient (Wildman–Crippen LogP) is 5.37. The molecular formula is C46H31B3N2O4S. The van der Waals surface area contributed by atoms with Gasteiger partial charge in [-0.05, 0) is 142 Å². The summed E-state index contributed by atoms with van der Waals surface area (Å²) in [6.07, 6.45) is 2.15. The van der Waals surface area contributed by atoms with Gasteiger partial charge in [-0.3, -0.25) is 4.31 Å². The van der Waals surface area contributed by atoms with Crippen molar-refractivity contribution in [1.82, 2.24) is 0 Å². The molecule has 13 rings (SSSR count). The zero-order valence-electron chi connectivity index (χ0n) is 31.1. The number of rotatable bonds is 1. The van der Waals surface area contributed by atoms with E-state index in [9.17, 15) is 0 Å². The van der Waals surface area contributed by atoms with Gasteiger partial charge in [0.2, 0.25) is 0 Å². The van der Waals surface area contributed by atoms with E-state index in [1.807, 2.05) is 0 Å². The van der Waals surface area contributed by atoms with Crippen LogP contribution in [0.5, 0.6) is 46.0 Å². The highest BCUT2D eigenvalue weighted by molar-refractivity contribution is 8.00. The van der Waals surface area contributed by atoms with Gasteiger partial charge in [-0.15, -0.1) is 0 Å². The summed E-state index contributed by atoms with van der Waals surface area (Å²) in [6, 6.07) is 39.5. The van der Waals surface area contributed by atoms with Crippen molar-refractivity contribution < 1.29 is 18.9 Å². The summed E-state index contributed by atoms with van der Waals surface area (Å²) in [5.74, 6) is 7.06. The molecule has 0 radical (unpaired) electrons. The van der Waals surface area contributed by atoms with Crippen LogP contribution in [0, 0.1) is 20.8 Å². The Morgan fingerprint density at radius 2 is 0.946 bits per heavy atom. The molecule has 0 fully saturated rings. The van der Waals surface area contributed by atoms with Crippen molar-refractivity contribution in [3.05, 3.63) is 126 Å². The van der Waals surface area contributed by atoms with Crippen molar-refractivity contribution >= 4 is 104 Å². The van der Waals surface area contributed by atoms with Crippen molar-refractivity contribution in [3.8, 4) is 46.0 Å². The second-order valence-electron chi connectivity index (χ2n) is 15.9. The third kappa shape index (κ3) is 4.02. The van der Waals surface area contributed by atoms with Gasteiger partial charge in [-0.25, -0.2) is 0 Å². The molecule has 7 aromatic carbocycles. The first-order chi connectivity index (χ1) is 27.4. The molecular weight excluding hydrogens is 709 g/mol. The number of benzene rings is 7. The summed E-state index contributed by atoms with van der Waals surface area (Å²) in [6.45, 7) is 6.26. The van der Waals surface area contributed by atoms with Crippen molar-refractivity contribution in [2.75, 3.05) is 15.9 Å². The molecule has 1 N–H and O–H groups in total. The first-order valence-electron chi connectivity index (χ1n) is 19.2. The van der Waals surface area contributed by atoms with E-state index in [1.54, 1.807) is 11.9 Å². The van der Waals surface area contributed by atoms with Crippen LogP contribution in [0.4, 0.5) is 22.7 Å². The molecule has 0 bridgehead atoms. The van der Waals surface area contributed by atoms with Crippen LogP contribution in [0.15, 0.2) is 109 Å². The average molecular weight is 740 g/mol. The maximum absolute atomic E-state index is 6.98. The number of para-hydroxylation sites is 2. The lowest BCUT2D eigenvalue weighted by atomic mass is 9.30. The number of aryl methyl sites for hydroxylation is 3. The standard InChI is InChI=1S/C46H31B3N2O4S/c1-23-13-33-44-40(15-23)52-36-11-7-5-9-26(36)47(44)28-19-30-38(21-32(28)50-33)54-42-17-25(3)18-43-46(42)49(30)31-20-29-34(22-39(31)55-43)51(56-4)35-14-24(2)16-41-45(35)48(29)27-10-6-8-12-37(27)53-41/h5-22,50H,1-4H3. The van der Waals surface area contributed by atoms with Crippen LogP contribution in [0.3, 0.4) is 0 Å². The molecule has 0 amide bonds. The first kappa shape index (κ1) is 31.1. The Labute approximate surface area is 330 Å². The average Bonchev–Trinajstić information content (AvgIpc) is 3.18. The fourth-order valence-electron chi connectivity index (χ4n) is 10.3. The molecule has 6 aliphatic heterocycles. The highest BCUT2D eigenvalue weighted by Gasteiger charge is 2.47. The van der Waals surface area contributed by atoms with Gasteiger partial charge in [0, 0.05) is 35.2 Å². The number of nitrogens with one attached hydrogen (secondary N) is 1. The summed E-state index contributed by atoms with van der Waals surface area (Å²) in [5, 5.41) is 3.81. The molecule has 6 heterocycles. The van der Waals surface area contributed by atoms with Crippen LogP contribution in [0.2, 0.25) is 0 Å². The fourth-order valence-corrected chi connectivity index (χ4v) is 11.0. The van der Waals surface area contributed by atoms with Gasteiger partial charge in [0.1, 0.15) is 46.0 Å². The van der Waals surface area contributed by atoms with Crippen LogP contribution in [-0.4, -0.2) is 26.4 Å². The smallest absolute Gasteiger partial charge is 0.260 e. The Morgan fingerprint density at radius 3 is 1.62 bits per heavy atom. The molecule has 264 valence electrons. The van der Waals surface area contributed by atoms with Crippen LogP contribution in [0.25, 0.3) is 0 Å². The highest BCUT2D eigenvalue weighted by atomic mass is 32.2. The number of hydrogen-bond acceptors (Lipinski definition) is 7. The molecule has 0 spiro atoms. The van der Waals surface area contributed by atoms with Crippen molar-refractivity contribution in [3.63, 3.8) is 0 Å². The lowest BCUT2D eigenvalue weighted by Crippen LogP contribution is -2.64. The number of hydrogen-bond donors (Lipinski definition) is 1. The summed E-state index contributed by atoms with van der Waals surface area (Å²) in [4.78, 5) is 0. The van der Waals surface area contributed by atoms with E-state index >= 15 is 0 Å². The van der Waals surface area contributed by atoms with Crippen LogP contribution in [0.1, 0.15) is 16.7 Å². The molecule has 0 aromatic heterocycles. The van der Waals surface area contributed by atoms with Gasteiger partial charge in [0.15, 0.2) is 0 Å². The lowest BCUT2D eigenvalue weighted by molar-refractivity contribution is 0.464. The third-order valence-corrected chi connectivity index (χ3v) is 13.2. The quantitative estimate of drug-likeness (QED) is 0.180. The van der Waals surface area contributed by atoms with E-state index in [1.165, 1.54) is 38.3 Å². The molecule has 0 saturated heterocycles. The second-order valence-corrected chi connectivity index (χ2v) is 16.6. The predicted molar refractivity (Wildman–Crippen MR) is 233 cm³/mol. The molecule has 6 nitrogen and oxygen atoms in total. The lowest BCUT2D eigenvalue weighted by Gasteiger charge is -2.41. The van der Waals surface area contributed by atoms with Crippen molar-refractivity contribution in [1.29, 1.82) is 0 Å². The molecule has 0 atom stereocenters. The minimum Gasteiger partial charge on any atom is -0.458 e. The summed E-state index contributed by atoms with van der Waals surface area (Å²) in [5.41, 5.74) is 18.4. The van der Waals surface area contributed by atoms with E-state index in [2.05, 4.69) is 146 Å². The summed E-state index contributed by atoms with van der Waals surface area (Å²) >= 11 is 1.71. The Kier molecular flexibility index (Phi) is 6.00. The van der Waals surface area contributed by atoms with Crippen LogP contribution < -0.4 is 77.7 Å². The Morgan fingerprint density at radius 1 is 0.429 bits per heavy atom. The van der Waals surface area contributed by atoms with Gasteiger partial charge >= 0.3 is 0 Å². The fraction of sp³-hybridized carbons (Fsp3) is 0.0870. The van der Waals surface area contributed by atoms with E-state index in [4.69, 9.17) is 18.9 Å². The monoisotopic (exact) mass is 740 g/mol. The Bertz CT molecular complexity index is 2990. The zero-order valence-corrected chi connectivity index (χ0v) is 31.9. The SMILES string of the molecule is CSN1c2cc3c(cc2B2c4ccccc4Oc4cc(C)cc1c42)B1c2cc4c(cc2Oc2cc(C)cc(c21)O3)Nc1cc(C)cc2c1B4c1ccccc1O2. The number of anilines is 4. The maximum Gasteiger partial charge on any atom is 0.260 e. The molecule has 56 heavy (non-hydrogen) atoms. The number of nitrogens with zero attached hydrogens (tertiary/aromatic N) is 1. The molecule has 0 unspecified atom stereocenters. The Hall–Kier alpha value is -6.12. The van der Waals surface area contributed by atoms with Gasteiger partial charge in [0.25, 0.3) is 20.1 Å². The molecule has 10 heteroatoms. The first-order valence-corrected chi connectivity index (χ1v) is 20.4. The van der Waals surface area contributed by atoms with Crippen LogP contribution >= 0.6 is 11.9 Å². The van der Waals surface area contributed by atoms with E-state index in [0.717, 1.165) is 96.3 Å². The van der Waals surface area contributed by atoms with Gasteiger partial charge in [-0.1, -0.05) is 48.5 Å². The second kappa shape index (κ2) is 10.8. The third-order valence-electron chi connectivity index (χ3n) is 12.5. The topological polar surface area (TPSA) is 52.2 Å². The Balaban J connectivity index is 1.07. The minimum absolute atomic E-state index is 0.00101. The molecule has 0 saturated carbocycles. The molecule has 0 aliphatic carbocycles. The van der Waals surface area contributed by atoms with Gasteiger partial charge < -0.3 is 24.3 Å². The number of ether oxygens (including phenoxy) is 4. The zero-order chi connectivity index (χ0) is 37.1. The van der Waals surface area contributed by atoms with E-state index in [0.29, 0.717) is 0 Å². The highest BCUT2D eigenvalue weighted by Crippen LogP contribution is 2.43. The van der Waals surface area contributed by atoms with E-state index in [-0.39, 0.29) is 20.1 Å². The van der Waals surface area contributed by atoms with Gasteiger partial charge in [0.05, 0.1) is 11.4 Å². The maximum atomic E-state index is 6.98. The largest absolute Gasteiger partial charge is 0.458 e. The van der Waals surface area contributed by atoms with Crippen LogP contribution in [-0.2, 0) is 0 Å². The van der Waals surface area contributed by atoms with Gasteiger partial charge in [-0.2, -0.15) is 0 Å². The molecule has 7 aromatic rings. The summed E-state index contributed by atoms with van der Waals surface area (Å²) < 4.78 is 29.5. The molecule has 6 aliphatic rings. The van der Waals surface area contributed by atoms with Crippen molar-refractivity contribution in [2.45, 2.75) is 20.8 Å². The normalized spacial score (nSPS) is 14.7. The van der Waals surface area contributed by atoms with Crippen molar-refractivity contribution in [2.24, 2.45) is 0 Å². The summed E-state index contributed by atoms with van der Waals surface area (Å²) in [7, 11) is 0. The van der Waals surface area contributed by atoms with E-state index < -0.39 is 0 Å². The minimum atomic E-state index is -0.116.